The van der Waals surface area contributed by atoms with E-state index in [9.17, 15) is 9.59 Å². The summed E-state index contributed by atoms with van der Waals surface area (Å²) in [7, 11) is 1.91. The van der Waals surface area contributed by atoms with Crippen LogP contribution in [0.4, 0.5) is 0 Å². The van der Waals surface area contributed by atoms with Crippen molar-refractivity contribution < 1.29 is 23.8 Å². The fourth-order valence-corrected chi connectivity index (χ4v) is 4.73. The second-order valence-electron chi connectivity index (χ2n) is 10.8. The van der Waals surface area contributed by atoms with Gasteiger partial charge >= 0.3 is 0 Å². The van der Waals surface area contributed by atoms with E-state index in [1.165, 1.54) is 0 Å². The van der Waals surface area contributed by atoms with Crippen molar-refractivity contribution in [3.63, 3.8) is 0 Å². The van der Waals surface area contributed by atoms with E-state index in [2.05, 4.69) is 0 Å². The van der Waals surface area contributed by atoms with Crippen LogP contribution in [0.25, 0.3) is 10.9 Å². The molecule has 0 unspecified atom stereocenters. The molecule has 0 saturated carbocycles. The number of para-hydroxylation sites is 1. The van der Waals surface area contributed by atoms with Crippen LogP contribution in [-0.2, 0) is 34.3 Å². The lowest BCUT2D eigenvalue weighted by molar-refractivity contribution is -0.160. The van der Waals surface area contributed by atoms with Gasteiger partial charge in [-0.3, -0.25) is 9.59 Å². The van der Waals surface area contributed by atoms with E-state index in [0.717, 1.165) is 27.8 Å². The monoisotopic (exact) mass is 537 g/mol. The zero-order chi connectivity index (χ0) is 28.7. The van der Waals surface area contributed by atoms with E-state index in [1.54, 1.807) is 11.8 Å². The zero-order valence-corrected chi connectivity index (χ0v) is 24.3. The van der Waals surface area contributed by atoms with Crippen molar-refractivity contribution in [3.05, 3.63) is 65.4 Å². The van der Waals surface area contributed by atoms with Gasteiger partial charge in [0.2, 0.25) is 5.91 Å². The molecule has 0 saturated heterocycles. The van der Waals surface area contributed by atoms with Crippen molar-refractivity contribution in [2.75, 3.05) is 19.8 Å². The standard InChI is InChI=1S/C31H43N3O5/c1-8-37-28(38-9-2)20-34(18-23-11-10-12-25-26(21(3)35)19-33(7)29(23)25)30(36)27(32)17-22-13-15-24(16-14-22)39-31(4,5)6/h10-16,19,27-28H,8-9,17-18,20,32H2,1-7H3/t27-/m0/s1. The Kier molecular flexibility index (Phi) is 10.3. The first-order valence-electron chi connectivity index (χ1n) is 13.6. The molecule has 0 bridgehead atoms. The minimum absolute atomic E-state index is 0.000575. The molecule has 39 heavy (non-hydrogen) atoms. The molecule has 2 aromatic carbocycles. The molecule has 0 spiro atoms. The Morgan fingerprint density at radius 3 is 2.23 bits per heavy atom. The van der Waals surface area contributed by atoms with Crippen molar-refractivity contribution in [2.45, 2.75) is 72.4 Å². The average Bonchev–Trinajstić information content (AvgIpc) is 3.21. The van der Waals surface area contributed by atoms with Crippen LogP contribution in [0.5, 0.6) is 5.75 Å². The second kappa shape index (κ2) is 13.2. The average molecular weight is 538 g/mol. The van der Waals surface area contributed by atoms with Crippen molar-refractivity contribution in [1.82, 2.24) is 9.47 Å². The molecule has 3 aromatic rings. The van der Waals surface area contributed by atoms with Gasteiger partial charge in [0, 0.05) is 44.0 Å². The minimum Gasteiger partial charge on any atom is -0.488 e. The predicted molar refractivity (Wildman–Crippen MR) is 154 cm³/mol. The molecule has 8 heteroatoms. The van der Waals surface area contributed by atoms with Gasteiger partial charge in [0.25, 0.3) is 0 Å². The number of aromatic nitrogens is 1. The van der Waals surface area contributed by atoms with Crippen LogP contribution in [0.15, 0.2) is 48.7 Å². The van der Waals surface area contributed by atoms with Crippen molar-refractivity contribution in [2.24, 2.45) is 12.8 Å². The van der Waals surface area contributed by atoms with Crippen LogP contribution >= 0.6 is 0 Å². The van der Waals surface area contributed by atoms with Crippen molar-refractivity contribution in [1.29, 1.82) is 0 Å². The third-order valence-corrected chi connectivity index (χ3v) is 6.33. The Hall–Kier alpha value is -3.20. The van der Waals surface area contributed by atoms with E-state index < -0.39 is 12.3 Å². The van der Waals surface area contributed by atoms with E-state index >= 15 is 0 Å². The summed E-state index contributed by atoms with van der Waals surface area (Å²) in [4.78, 5) is 27.7. The molecule has 0 aliphatic rings. The minimum atomic E-state index is -0.760. The summed E-state index contributed by atoms with van der Waals surface area (Å²) in [6, 6.07) is 12.7. The first kappa shape index (κ1) is 30.3. The summed E-state index contributed by atoms with van der Waals surface area (Å²) in [5, 5.41) is 0.864. The van der Waals surface area contributed by atoms with Crippen LogP contribution in [0, 0.1) is 0 Å². The number of ether oxygens (including phenoxy) is 3. The number of carbonyl (C=O) groups excluding carboxylic acids is 2. The van der Waals surface area contributed by atoms with Crippen molar-refractivity contribution in [3.8, 4) is 5.75 Å². The zero-order valence-electron chi connectivity index (χ0n) is 24.3. The molecule has 212 valence electrons. The van der Waals surface area contributed by atoms with Crippen LogP contribution in [-0.4, -0.2) is 58.8 Å². The molecule has 1 atom stereocenters. The Bertz CT molecular complexity index is 1250. The third kappa shape index (κ3) is 8.14. The van der Waals surface area contributed by atoms with Crippen LogP contribution in [0.1, 0.15) is 63.0 Å². The molecule has 1 amide bonds. The summed E-state index contributed by atoms with van der Waals surface area (Å²) < 4.78 is 19.4. The number of Topliss-reactive ketones (excluding diaryl/α,β-unsaturated/α-hetero) is 1. The molecule has 1 heterocycles. The number of carbonyl (C=O) groups is 2. The maximum absolute atomic E-state index is 13.8. The maximum Gasteiger partial charge on any atom is 0.240 e. The van der Waals surface area contributed by atoms with Gasteiger partial charge in [-0.05, 0) is 71.2 Å². The smallest absolute Gasteiger partial charge is 0.240 e. The van der Waals surface area contributed by atoms with Crippen LogP contribution in [0.3, 0.4) is 0 Å². The molecule has 0 radical (unpaired) electrons. The van der Waals surface area contributed by atoms with E-state index in [4.69, 9.17) is 19.9 Å². The SMILES string of the molecule is CCOC(CN(Cc1cccc2c(C(C)=O)cn(C)c12)C(=O)[C@@H](N)Cc1ccc(OC(C)(C)C)cc1)OCC. The number of amides is 1. The lowest BCUT2D eigenvalue weighted by Crippen LogP contribution is -2.48. The summed E-state index contributed by atoms with van der Waals surface area (Å²) in [5.74, 6) is 0.566. The fourth-order valence-electron chi connectivity index (χ4n) is 4.73. The summed E-state index contributed by atoms with van der Waals surface area (Å²) >= 11 is 0. The normalized spacial score (nSPS) is 12.6. The lowest BCUT2D eigenvalue weighted by atomic mass is 10.0. The molecular weight excluding hydrogens is 494 g/mol. The number of ketones is 1. The van der Waals surface area contributed by atoms with Gasteiger partial charge in [-0.25, -0.2) is 0 Å². The van der Waals surface area contributed by atoms with Gasteiger partial charge in [-0.15, -0.1) is 0 Å². The van der Waals surface area contributed by atoms with Gasteiger partial charge in [-0.2, -0.15) is 0 Å². The number of fused-ring (bicyclic) bond motifs is 1. The Morgan fingerprint density at radius 1 is 1.03 bits per heavy atom. The number of rotatable bonds is 13. The molecule has 0 fully saturated rings. The highest BCUT2D eigenvalue weighted by Gasteiger charge is 2.26. The number of nitrogens with zero attached hydrogens (tertiary/aromatic N) is 2. The first-order valence-corrected chi connectivity index (χ1v) is 13.6. The topological polar surface area (TPSA) is 96.0 Å². The van der Waals surface area contributed by atoms with Gasteiger partial charge in [0.05, 0.1) is 18.1 Å². The predicted octanol–water partition coefficient (Wildman–Crippen LogP) is 4.86. The molecule has 2 N–H and O–H groups in total. The third-order valence-electron chi connectivity index (χ3n) is 6.33. The number of hydrogen-bond donors (Lipinski definition) is 1. The molecule has 8 nitrogen and oxygen atoms in total. The second-order valence-corrected chi connectivity index (χ2v) is 10.8. The number of hydrogen-bond acceptors (Lipinski definition) is 6. The van der Waals surface area contributed by atoms with Gasteiger partial charge in [0.15, 0.2) is 12.1 Å². The molecular formula is C31H43N3O5. The highest BCUT2D eigenvalue weighted by molar-refractivity contribution is 6.07. The van der Waals surface area contributed by atoms with E-state index in [-0.39, 0.29) is 23.8 Å². The molecule has 0 aliphatic heterocycles. The van der Waals surface area contributed by atoms with E-state index in [1.807, 2.05) is 94.9 Å². The first-order chi connectivity index (χ1) is 18.4. The van der Waals surface area contributed by atoms with Crippen molar-refractivity contribution >= 4 is 22.6 Å². The number of aryl methyl sites for hydroxylation is 1. The lowest BCUT2D eigenvalue weighted by Gasteiger charge is -2.30. The largest absolute Gasteiger partial charge is 0.488 e. The summed E-state index contributed by atoms with van der Waals surface area (Å²) in [6.45, 7) is 12.8. The van der Waals surface area contributed by atoms with E-state index in [0.29, 0.717) is 31.7 Å². The number of nitrogens with two attached hydrogens (primary N) is 1. The van der Waals surface area contributed by atoms with Crippen LogP contribution < -0.4 is 10.5 Å². The fraction of sp³-hybridized carbons (Fsp3) is 0.484. The molecule has 3 rings (SSSR count). The van der Waals surface area contributed by atoms with Gasteiger partial charge < -0.3 is 29.4 Å². The van der Waals surface area contributed by atoms with Crippen LogP contribution in [0.2, 0.25) is 0 Å². The summed E-state index contributed by atoms with van der Waals surface area (Å²) in [5.41, 5.74) is 9.63. The van der Waals surface area contributed by atoms with Gasteiger partial charge in [-0.1, -0.05) is 30.3 Å². The van der Waals surface area contributed by atoms with Gasteiger partial charge in [0.1, 0.15) is 11.4 Å². The highest BCUT2D eigenvalue weighted by atomic mass is 16.7. The molecule has 1 aromatic heterocycles. The Labute approximate surface area is 232 Å². The Balaban J connectivity index is 1.88. The maximum atomic E-state index is 13.8. The Morgan fingerprint density at radius 2 is 1.67 bits per heavy atom. The highest BCUT2D eigenvalue weighted by Crippen LogP contribution is 2.26. The summed E-state index contributed by atoms with van der Waals surface area (Å²) in [6.07, 6.45) is 1.64. The quantitative estimate of drug-likeness (QED) is 0.247. The molecule has 0 aliphatic carbocycles. The number of benzene rings is 2.